The average molecular weight is 360 g/mol. The standard InChI is InChI=1S/C17H27F3N4O/c1-12(2)9-14(24(3)4)11-23-16(21)22-10-13-5-7-15(8-6-13)25-17(18,19)20/h5-8,12,14H,9-11H2,1-4H3,(H3,21,22,23). The van der Waals surface area contributed by atoms with Gasteiger partial charge in [-0.1, -0.05) is 26.0 Å². The van der Waals surface area contributed by atoms with Gasteiger partial charge in [-0.2, -0.15) is 0 Å². The summed E-state index contributed by atoms with van der Waals surface area (Å²) in [5.74, 6) is 0.629. The van der Waals surface area contributed by atoms with Gasteiger partial charge in [0.25, 0.3) is 0 Å². The molecule has 25 heavy (non-hydrogen) atoms. The van der Waals surface area contributed by atoms with Crippen LogP contribution in [0.5, 0.6) is 5.75 Å². The van der Waals surface area contributed by atoms with Crippen LogP contribution in [0, 0.1) is 5.92 Å². The fraction of sp³-hybridized carbons (Fsp3) is 0.588. The number of hydrogen-bond acceptors (Lipinski definition) is 3. The fourth-order valence-corrected chi connectivity index (χ4v) is 2.27. The van der Waals surface area contributed by atoms with Gasteiger partial charge in [0.05, 0.1) is 6.54 Å². The highest BCUT2D eigenvalue weighted by Crippen LogP contribution is 2.22. The molecule has 0 aliphatic rings. The van der Waals surface area contributed by atoms with Gasteiger partial charge in [-0.15, -0.1) is 13.2 Å². The molecule has 0 bridgehead atoms. The second-order valence-electron chi connectivity index (χ2n) is 6.52. The summed E-state index contributed by atoms with van der Waals surface area (Å²) in [5.41, 5.74) is 6.60. The van der Waals surface area contributed by atoms with Crippen molar-refractivity contribution in [1.29, 1.82) is 0 Å². The molecule has 5 nitrogen and oxygen atoms in total. The summed E-state index contributed by atoms with van der Waals surface area (Å²) in [7, 11) is 4.04. The highest BCUT2D eigenvalue weighted by atomic mass is 19.4. The molecule has 0 aliphatic heterocycles. The Labute approximate surface area is 147 Å². The van der Waals surface area contributed by atoms with Crippen molar-refractivity contribution in [3.8, 4) is 5.75 Å². The van der Waals surface area contributed by atoms with Gasteiger partial charge in [0.2, 0.25) is 0 Å². The van der Waals surface area contributed by atoms with E-state index in [1.54, 1.807) is 0 Å². The number of nitrogens with zero attached hydrogens (tertiary/aromatic N) is 2. The second-order valence-corrected chi connectivity index (χ2v) is 6.52. The molecule has 1 unspecified atom stereocenters. The van der Waals surface area contributed by atoms with Crippen molar-refractivity contribution >= 4 is 5.96 Å². The van der Waals surface area contributed by atoms with Crippen molar-refractivity contribution in [3.63, 3.8) is 0 Å². The first-order valence-corrected chi connectivity index (χ1v) is 8.11. The van der Waals surface area contributed by atoms with Gasteiger partial charge in [-0.3, -0.25) is 0 Å². The maximum Gasteiger partial charge on any atom is 0.573 e. The van der Waals surface area contributed by atoms with E-state index in [4.69, 9.17) is 5.73 Å². The van der Waals surface area contributed by atoms with Crippen molar-refractivity contribution in [1.82, 2.24) is 10.2 Å². The third kappa shape index (κ3) is 9.19. The molecule has 1 atom stereocenters. The molecule has 1 aromatic carbocycles. The summed E-state index contributed by atoms with van der Waals surface area (Å²) in [6, 6.07) is 5.91. The third-order valence-corrected chi connectivity index (χ3v) is 3.58. The highest BCUT2D eigenvalue weighted by Gasteiger charge is 2.30. The minimum Gasteiger partial charge on any atom is -0.406 e. The summed E-state index contributed by atoms with van der Waals surface area (Å²) in [4.78, 5) is 6.35. The number of aliphatic imine (C=N–C) groups is 1. The van der Waals surface area contributed by atoms with Crippen LogP contribution in [0.4, 0.5) is 13.2 Å². The van der Waals surface area contributed by atoms with E-state index in [0.29, 0.717) is 24.5 Å². The Morgan fingerprint density at radius 1 is 1.24 bits per heavy atom. The molecular formula is C17H27F3N4O. The van der Waals surface area contributed by atoms with E-state index in [-0.39, 0.29) is 12.3 Å². The maximum atomic E-state index is 12.1. The van der Waals surface area contributed by atoms with Crippen LogP contribution in [-0.4, -0.2) is 43.9 Å². The van der Waals surface area contributed by atoms with Gasteiger partial charge < -0.3 is 20.7 Å². The third-order valence-electron chi connectivity index (χ3n) is 3.58. The van der Waals surface area contributed by atoms with Crippen LogP contribution in [0.2, 0.25) is 0 Å². The molecule has 0 spiro atoms. The molecule has 0 aliphatic carbocycles. The molecule has 3 N–H and O–H groups in total. The van der Waals surface area contributed by atoms with Gasteiger partial charge in [0, 0.05) is 12.6 Å². The molecule has 0 saturated heterocycles. The Kier molecular flexibility index (Phi) is 8.02. The van der Waals surface area contributed by atoms with Crippen molar-refractivity contribution in [3.05, 3.63) is 29.8 Å². The zero-order chi connectivity index (χ0) is 19.0. The van der Waals surface area contributed by atoms with Crippen molar-refractivity contribution in [2.45, 2.75) is 39.2 Å². The summed E-state index contributed by atoms with van der Waals surface area (Å²) >= 11 is 0. The number of alkyl halides is 3. The lowest BCUT2D eigenvalue weighted by molar-refractivity contribution is -0.274. The summed E-state index contributed by atoms with van der Waals surface area (Å²) in [6.07, 6.45) is -3.65. The van der Waals surface area contributed by atoms with E-state index < -0.39 is 6.36 Å². The highest BCUT2D eigenvalue weighted by molar-refractivity contribution is 5.77. The predicted molar refractivity (Wildman–Crippen MR) is 93.4 cm³/mol. The Bertz CT molecular complexity index is 542. The first-order valence-electron chi connectivity index (χ1n) is 8.11. The van der Waals surface area contributed by atoms with Gasteiger partial charge in [-0.25, -0.2) is 4.99 Å². The molecule has 0 amide bonds. The number of nitrogens with two attached hydrogens (primary N) is 1. The first-order chi connectivity index (χ1) is 11.6. The molecule has 1 aromatic rings. The molecule has 142 valence electrons. The summed E-state index contributed by atoms with van der Waals surface area (Å²) in [5, 5.41) is 3.09. The zero-order valence-corrected chi connectivity index (χ0v) is 15.1. The van der Waals surface area contributed by atoms with Crippen LogP contribution in [0.3, 0.4) is 0 Å². The number of hydrogen-bond donors (Lipinski definition) is 2. The summed E-state index contributed by atoms with van der Waals surface area (Å²) < 4.78 is 40.2. The average Bonchev–Trinajstić information content (AvgIpc) is 2.48. The lowest BCUT2D eigenvalue weighted by atomic mass is 10.0. The molecule has 8 heteroatoms. The largest absolute Gasteiger partial charge is 0.573 e. The molecule has 1 rings (SSSR count). The van der Waals surface area contributed by atoms with E-state index in [1.807, 2.05) is 14.1 Å². The Hall–Kier alpha value is -1.96. The van der Waals surface area contributed by atoms with Gasteiger partial charge in [-0.05, 0) is 44.1 Å². The number of benzene rings is 1. The normalized spacial score (nSPS) is 14.0. The molecule has 0 radical (unpaired) electrons. The minimum atomic E-state index is -4.69. The Morgan fingerprint density at radius 3 is 2.32 bits per heavy atom. The van der Waals surface area contributed by atoms with E-state index in [1.165, 1.54) is 24.3 Å². The molecule has 0 aromatic heterocycles. The lowest BCUT2D eigenvalue weighted by Gasteiger charge is -2.26. The SMILES string of the molecule is CC(C)CC(CNC(N)=NCc1ccc(OC(F)(F)F)cc1)N(C)C. The number of nitrogens with one attached hydrogen (secondary N) is 1. The quantitative estimate of drug-likeness (QED) is 0.553. The number of rotatable bonds is 8. The van der Waals surface area contributed by atoms with Crippen LogP contribution in [0.15, 0.2) is 29.3 Å². The Morgan fingerprint density at radius 2 is 1.84 bits per heavy atom. The zero-order valence-electron chi connectivity index (χ0n) is 15.1. The second kappa shape index (κ2) is 9.50. The summed E-state index contributed by atoms with van der Waals surface area (Å²) in [6.45, 7) is 5.29. The number of guanidine groups is 1. The van der Waals surface area contributed by atoms with Gasteiger partial charge >= 0.3 is 6.36 Å². The molecule has 0 fully saturated rings. The van der Waals surface area contributed by atoms with E-state index >= 15 is 0 Å². The Balaban J connectivity index is 2.51. The number of likely N-dealkylation sites (N-methyl/N-ethyl adjacent to an activating group) is 1. The molecule has 0 heterocycles. The van der Waals surface area contributed by atoms with Crippen LogP contribution in [-0.2, 0) is 6.54 Å². The van der Waals surface area contributed by atoms with Crippen LogP contribution >= 0.6 is 0 Å². The van der Waals surface area contributed by atoms with Crippen molar-refractivity contribution in [2.75, 3.05) is 20.6 Å². The minimum absolute atomic E-state index is 0.256. The predicted octanol–water partition coefficient (Wildman–Crippen LogP) is 2.97. The number of halogens is 3. The van der Waals surface area contributed by atoms with E-state index in [0.717, 1.165) is 12.0 Å². The van der Waals surface area contributed by atoms with Crippen molar-refractivity contribution in [2.24, 2.45) is 16.6 Å². The fourth-order valence-electron chi connectivity index (χ4n) is 2.27. The van der Waals surface area contributed by atoms with Crippen LogP contribution < -0.4 is 15.8 Å². The number of ether oxygens (including phenoxy) is 1. The van der Waals surface area contributed by atoms with Crippen LogP contribution in [0.25, 0.3) is 0 Å². The van der Waals surface area contributed by atoms with E-state index in [9.17, 15) is 13.2 Å². The maximum absolute atomic E-state index is 12.1. The van der Waals surface area contributed by atoms with E-state index in [2.05, 4.69) is 33.8 Å². The van der Waals surface area contributed by atoms with Gasteiger partial charge in [0.1, 0.15) is 5.75 Å². The van der Waals surface area contributed by atoms with Gasteiger partial charge in [0.15, 0.2) is 5.96 Å². The first kappa shape index (κ1) is 21.1. The van der Waals surface area contributed by atoms with Crippen molar-refractivity contribution < 1.29 is 17.9 Å². The van der Waals surface area contributed by atoms with Crippen LogP contribution in [0.1, 0.15) is 25.8 Å². The smallest absolute Gasteiger partial charge is 0.406 e. The monoisotopic (exact) mass is 360 g/mol. The molecule has 0 saturated carbocycles. The topological polar surface area (TPSA) is 62.9 Å². The molecular weight excluding hydrogens is 333 g/mol. The lowest BCUT2D eigenvalue weighted by Crippen LogP contribution is -2.43.